The molecule has 2 aromatic carbocycles. The van der Waals surface area contributed by atoms with E-state index in [1.165, 1.54) is 0 Å². The molecule has 2 aromatic rings. The first-order chi connectivity index (χ1) is 14.1. The highest BCUT2D eigenvalue weighted by Crippen LogP contribution is 2.33. The highest BCUT2D eigenvalue weighted by Gasteiger charge is 2.14. The Balaban J connectivity index is 2.20. The summed E-state index contributed by atoms with van der Waals surface area (Å²) in [5.74, 6) is 3.57. The molecular weight excluding hydrogens is 370 g/mol. The molecule has 158 valence electrons. The molecule has 0 heterocycles. The normalized spacial score (nSPS) is 11.0. The Labute approximate surface area is 173 Å². The SMILES string of the molecule is CCNC(=NCc1ccc(C)cc1OC)NCc1c(OC)cc(OC)cc1OC. The quantitative estimate of drug-likeness (QED) is 0.496. The van der Waals surface area contributed by atoms with Gasteiger partial charge in [-0.15, -0.1) is 0 Å². The number of nitrogens with one attached hydrogen (secondary N) is 2. The average molecular weight is 402 g/mol. The Morgan fingerprint density at radius 1 is 0.862 bits per heavy atom. The molecular formula is C22H31N3O4. The van der Waals surface area contributed by atoms with E-state index in [4.69, 9.17) is 18.9 Å². The molecule has 0 fully saturated rings. The fourth-order valence-electron chi connectivity index (χ4n) is 2.91. The van der Waals surface area contributed by atoms with Crippen LogP contribution in [-0.2, 0) is 13.1 Å². The third-order valence-corrected chi connectivity index (χ3v) is 4.44. The maximum absolute atomic E-state index is 5.52. The highest BCUT2D eigenvalue weighted by molar-refractivity contribution is 5.80. The fraction of sp³-hybridized carbons (Fsp3) is 0.409. The van der Waals surface area contributed by atoms with Crippen LogP contribution in [0.15, 0.2) is 35.3 Å². The number of hydrogen-bond acceptors (Lipinski definition) is 5. The van der Waals surface area contributed by atoms with Crippen LogP contribution in [0.5, 0.6) is 23.0 Å². The van der Waals surface area contributed by atoms with Crippen LogP contribution in [0, 0.1) is 6.92 Å². The van der Waals surface area contributed by atoms with Gasteiger partial charge in [0.2, 0.25) is 0 Å². The molecule has 0 unspecified atom stereocenters. The first-order valence-electron chi connectivity index (χ1n) is 9.50. The Hall–Kier alpha value is -3.09. The van der Waals surface area contributed by atoms with E-state index in [-0.39, 0.29) is 0 Å². The summed E-state index contributed by atoms with van der Waals surface area (Å²) < 4.78 is 21.8. The largest absolute Gasteiger partial charge is 0.496 e. The summed E-state index contributed by atoms with van der Waals surface area (Å²) >= 11 is 0. The van der Waals surface area contributed by atoms with Crippen LogP contribution in [-0.4, -0.2) is 40.9 Å². The van der Waals surface area contributed by atoms with E-state index in [9.17, 15) is 0 Å². The van der Waals surface area contributed by atoms with Gasteiger partial charge in [0.25, 0.3) is 0 Å². The fourth-order valence-corrected chi connectivity index (χ4v) is 2.91. The maximum Gasteiger partial charge on any atom is 0.191 e. The van der Waals surface area contributed by atoms with Gasteiger partial charge in [0.05, 0.1) is 47.1 Å². The van der Waals surface area contributed by atoms with Crippen LogP contribution in [0.25, 0.3) is 0 Å². The second kappa shape index (κ2) is 11.0. The standard InChI is InChI=1S/C22H31N3O4/c1-7-23-22(24-13-16-9-8-15(2)10-19(16)27-4)25-14-18-20(28-5)11-17(26-3)12-21(18)29-6/h8-12H,7,13-14H2,1-6H3,(H2,23,24,25). The minimum absolute atomic E-state index is 0.479. The zero-order valence-electron chi connectivity index (χ0n) is 18.1. The van der Waals surface area contributed by atoms with Gasteiger partial charge in [-0.2, -0.15) is 0 Å². The Kier molecular flexibility index (Phi) is 8.45. The molecule has 0 radical (unpaired) electrons. The summed E-state index contributed by atoms with van der Waals surface area (Å²) in [4.78, 5) is 4.69. The maximum atomic E-state index is 5.52. The highest BCUT2D eigenvalue weighted by atomic mass is 16.5. The van der Waals surface area contributed by atoms with Gasteiger partial charge in [0, 0.05) is 24.2 Å². The number of benzene rings is 2. The molecule has 0 atom stereocenters. The van der Waals surface area contributed by atoms with Gasteiger partial charge >= 0.3 is 0 Å². The summed E-state index contributed by atoms with van der Waals surface area (Å²) in [7, 11) is 6.54. The zero-order chi connectivity index (χ0) is 21.2. The lowest BCUT2D eigenvalue weighted by Gasteiger charge is -2.17. The number of methoxy groups -OCH3 is 4. The second-order valence-corrected chi connectivity index (χ2v) is 6.37. The van der Waals surface area contributed by atoms with E-state index in [0.29, 0.717) is 36.3 Å². The van der Waals surface area contributed by atoms with Gasteiger partial charge < -0.3 is 29.6 Å². The number of hydrogen-bond donors (Lipinski definition) is 2. The van der Waals surface area contributed by atoms with Crippen molar-refractivity contribution >= 4 is 5.96 Å². The van der Waals surface area contributed by atoms with Crippen molar-refractivity contribution in [3.05, 3.63) is 47.0 Å². The van der Waals surface area contributed by atoms with Crippen LogP contribution in [0.4, 0.5) is 0 Å². The van der Waals surface area contributed by atoms with Gasteiger partial charge in [-0.1, -0.05) is 12.1 Å². The predicted molar refractivity (Wildman–Crippen MR) is 115 cm³/mol. The van der Waals surface area contributed by atoms with E-state index in [0.717, 1.165) is 29.0 Å². The van der Waals surface area contributed by atoms with Crippen LogP contribution in [0.1, 0.15) is 23.6 Å². The van der Waals surface area contributed by atoms with Crippen LogP contribution in [0.2, 0.25) is 0 Å². The smallest absolute Gasteiger partial charge is 0.191 e. The van der Waals surface area contributed by atoms with E-state index in [1.54, 1.807) is 28.4 Å². The molecule has 0 bridgehead atoms. The summed E-state index contributed by atoms with van der Waals surface area (Å²) in [5, 5.41) is 6.60. The summed E-state index contributed by atoms with van der Waals surface area (Å²) in [6.07, 6.45) is 0. The molecule has 0 spiro atoms. The third kappa shape index (κ3) is 5.94. The van der Waals surface area contributed by atoms with Crippen molar-refractivity contribution in [2.75, 3.05) is 35.0 Å². The van der Waals surface area contributed by atoms with Crippen molar-refractivity contribution in [2.24, 2.45) is 4.99 Å². The second-order valence-electron chi connectivity index (χ2n) is 6.37. The van der Waals surface area contributed by atoms with Gasteiger partial charge in [-0.25, -0.2) is 4.99 Å². The zero-order valence-corrected chi connectivity index (χ0v) is 18.1. The van der Waals surface area contributed by atoms with E-state index in [2.05, 4.69) is 21.7 Å². The lowest BCUT2D eigenvalue weighted by atomic mass is 10.1. The van der Waals surface area contributed by atoms with Gasteiger partial charge in [-0.05, 0) is 25.5 Å². The van der Waals surface area contributed by atoms with Crippen molar-refractivity contribution in [2.45, 2.75) is 26.9 Å². The lowest BCUT2D eigenvalue weighted by Crippen LogP contribution is -2.37. The molecule has 2 N–H and O–H groups in total. The molecule has 0 aliphatic heterocycles. The Morgan fingerprint density at radius 2 is 1.52 bits per heavy atom. The number of rotatable bonds is 9. The van der Waals surface area contributed by atoms with Crippen LogP contribution >= 0.6 is 0 Å². The Bertz CT molecular complexity index is 812. The predicted octanol–water partition coefficient (Wildman–Crippen LogP) is 3.28. The minimum Gasteiger partial charge on any atom is -0.496 e. The molecule has 0 amide bonds. The summed E-state index contributed by atoms with van der Waals surface area (Å²) in [6, 6.07) is 9.78. The Morgan fingerprint density at radius 3 is 2.07 bits per heavy atom. The molecule has 2 rings (SSSR count). The van der Waals surface area contributed by atoms with E-state index >= 15 is 0 Å². The van der Waals surface area contributed by atoms with Crippen molar-refractivity contribution < 1.29 is 18.9 Å². The lowest BCUT2D eigenvalue weighted by molar-refractivity contribution is 0.368. The van der Waals surface area contributed by atoms with Crippen LogP contribution in [0.3, 0.4) is 0 Å². The van der Waals surface area contributed by atoms with E-state index < -0.39 is 0 Å². The third-order valence-electron chi connectivity index (χ3n) is 4.44. The molecule has 0 aromatic heterocycles. The topological polar surface area (TPSA) is 73.3 Å². The number of guanidine groups is 1. The minimum atomic E-state index is 0.479. The molecule has 29 heavy (non-hydrogen) atoms. The van der Waals surface area contributed by atoms with Crippen molar-refractivity contribution in [1.82, 2.24) is 10.6 Å². The molecule has 0 saturated carbocycles. The number of aliphatic imine (C=N–C) groups is 1. The van der Waals surface area contributed by atoms with Crippen molar-refractivity contribution in [3.63, 3.8) is 0 Å². The van der Waals surface area contributed by atoms with E-state index in [1.807, 2.05) is 38.1 Å². The average Bonchev–Trinajstić information content (AvgIpc) is 2.75. The van der Waals surface area contributed by atoms with Gasteiger partial charge in [0.1, 0.15) is 23.0 Å². The number of aryl methyl sites for hydroxylation is 1. The molecule has 0 aliphatic rings. The van der Waals surface area contributed by atoms with Crippen molar-refractivity contribution in [3.8, 4) is 23.0 Å². The monoisotopic (exact) mass is 401 g/mol. The van der Waals surface area contributed by atoms with Crippen LogP contribution < -0.4 is 29.6 Å². The van der Waals surface area contributed by atoms with Gasteiger partial charge in [-0.3, -0.25) is 0 Å². The molecule has 7 heteroatoms. The van der Waals surface area contributed by atoms with Gasteiger partial charge in [0.15, 0.2) is 5.96 Å². The summed E-state index contributed by atoms with van der Waals surface area (Å²) in [6.45, 7) is 5.78. The first kappa shape index (κ1) is 22.2. The van der Waals surface area contributed by atoms with Crippen molar-refractivity contribution in [1.29, 1.82) is 0 Å². The summed E-state index contributed by atoms with van der Waals surface area (Å²) in [5.41, 5.74) is 3.06. The number of ether oxygens (including phenoxy) is 4. The molecule has 7 nitrogen and oxygen atoms in total. The molecule has 0 saturated heterocycles. The molecule has 0 aliphatic carbocycles. The first-order valence-corrected chi connectivity index (χ1v) is 9.50. The number of nitrogens with zero attached hydrogens (tertiary/aromatic N) is 1.